The molecule has 1 aliphatic heterocycles. The summed E-state index contributed by atoms with van der Waals surface area (Å²) in [5.74, 6) is -1.67. The maximum absolute atomic E-state index is 13.5. The first-order valence-electron chi connectivity index (χ1n) is 8.41. The normalized spacial score (nSPS) is 23.5. The smallest absolute Gasteiger partial charge is 0.416 e. The highest BCUT2D eigenvalue weighted by Crippen LogP contribution is 2.52. The molecule has 0 unspecified atom stereocenters. The number of benzene rings is 2. The van der Waals surface area contributed by atoms with Crippen LogP contribution in [0, 0.1) is 5.92 Å². The van der Waals surface area contributed by atoms with E-state index < -0.39 is 23.8 Å². The van der Waals surface area contributed by atoms with Gasteiger partial charge in [0.25, 0.3) is 0 Å². The van der Waals surface area contributed by atoms with Crippen LogP contribution in [0.3, 0.4) is 0 Å². The number of anilines is 1. The summed E-state index contributed by atoms with van der Waals surface area (Å²) in [6.07, 6.45) is 0.00602. The minimum absolute atomic E-state index is 0.0624. The fraction of sp³-hybridized carbons (Fsp3) is 0.250. The lowest BCUT2D eigenvalue weighted by Gasteiger charge is -2.39. The van der Waals surface area contributed by atoms with E-state index in [1.165, 1.54) is 18.2 Å². The molecule has 0 bridgehead atoms. The molecule has 1 heterocycles. The van der Waals surface area contributed by atoms with Gasteiger partial charge in [-0.15, -0.1) is 0 Å². The zero-order chi connectivity index (χ0) is 19.3. The number of carboxylic acid groups (broad SMARTS) is 1. The van der Waals surface area contributed by atoms with Crippen molar-refractivity contribution < 1.29 is 23.1 Å². The third-order valence-electron chi connectivity index (χ3n) is 5.25. The lowest BCUT2D eigenvalue weighted by molar-refractivity contribution is -0.254. The molecule has 0 saturated carbocycles. The van der Waals surface area contributed by atoms with Crippen LogP contribution >= 0.6 is 15.9 Å². The first-order valence-corrected chi connectivity index (χ1v) is 9.21. The van der Waals surface area contributed by atoms with Crippen molar-refractivity contribution in [3.63, 3.8) is 0 Å². The monoisotopic (exact) mass is 436 g/mol. The fourth-order valence-corrected chi connectivity index (χ4v) is 4.64. The molecule has 0 fully saturated rings. The van der Waals surface area contributed by atoms with Gasteiger partial charge in [-0.25, -0.2) is 0 Å². The molecule has 1 aliphatic carbocycles. The van der Waals surface area contributed by atoms with Crippen molar-refractivity contribution in [3.05, 3.63) is 75.3 Å². The van der Waals surface area contributed by atoms with Gasteiger partial charge in [-0.3, -0.25) is 0 Å². The van der Waals surface area contributed by atoms with Gasteiger partial charge in [-0.05, 0) is 41.7 Å². The van der Waals surface area contributed by atoms with Crippen molar-refractivity contribution in [2.45, 2.75) is 24.6 Å². The minimum atomic E-state index is -4.49. The van der Waals surface area contributed by atoms with Gasteiger partial charge >= 0.3 is 6.18 Å². The molecule has 0 saturated heterocycles. The number of carboxylic acids is 1. The summed E-state index contributed by atoms with van der Waals surface area (Å²) in [7, 11) is 0. The molecule has 2 aromatic rings. The van der Waals surface area contributed by atoms with Crippen molar-refractivity contribution in [3.8, 4) is 0 Å². The molecule has 3 atom stereocenters. The molecular weight excluding hydrogens is 423 g/mol. The zero-order valence-electron chi connectivity index (χ0n) is 13.9. The highest BCUT2D eigenvalue weighted by molar-refractivity contribution is 9.10. The largest absolute Gasteiger partial charge is 0.545 e. The summed E-state index contributed by atoms with van der Waals surface area (Å²) in [6, 6.07) is 8.01. The second-order valence-corrected chi connectivity index (χ2v) is 7.68. The molecule has 7 heteroatoms. The van der Waals surface area contributed by atoms with Gasteiger partial charge in [0, 0.05) is 21.6 Å². The molecular formula is C20H14BrF3NO2-. The molecule has 3 nitrogen and oxygen atoms in total. The molecule has 140 valence electrons. The van der Waals surface area contributed by atoms with Gasteiger partial charge in [0.15, 0.2) is 0 Å². The van der Waals surface area contributed by atoms with E-state index in [0.717, 1.165) is 11.6 Å². The van der Waals surface area contributed by atoms with E-state index in [1.54, 1.807) is 6.07 Å². The number of fused-ring (bicyclic) bond motifs is 3. The van der Waals surface area contributed by atoms with Gasteiger partial charge in [0.1, 0.15) is 0 Å². The first-order chi connectivity index (χ1) is 12.8. The Morgan fingerprint density at radius 3 is 2.63 bits per heavy atom. The van der Waals surface area contributed by atoms with Gasteiger partial charge in [0.05, 0.1) is 17.6 Å². The molecule has 0 radical (unpaired) electrons. The molecule has 27 heavy (non-hydrogen) atoms. The average molecular weight is 437 g/mol. The number of carbonyl (C=O) groups is 1. The fourth-order valence-electron chi connectivity index (χ4n) is 4.16. The lowest BCUT2D eigenvalue weighted by atomic mass is 9.75. The van der Waals surface area contributed by atoms with E-state index >= 15 is 0 Å². The number of allylic oxidation sites excluding steroid dienone is 2. The highest BCUT2D eigenvalue weighted by atomic mass is 79.9. The summed E-state index contributed by atoms with van der Waals surface area (Å²) < 4.78 is 41.2. The van der Waals surface area contributed by atoms with Crippen LogP contribution in [-0.2, 0) is 6.18 Å². The zero-order valence-corrected chi connectivity index (χ0v) is 15.5. The Bertz CT molecular complexity index is 955. The minimum Gasteiger partial charge on any atom is -0.545 e. The number of rotatable bonds is 2. The predicted octanol–water partition coefficient (Wildman–Crippen LogP) is 4.66. The van der Waals surface area contributed by atoms with E-state index in [9.17, 15) is 23.1 Å². The van der Waals surface area contributed by atoms with E-state index in [0.29, 0.717) is 16.6 Å². The summed E-state index contributed by atoms with van der Waals surface area (Å²) >= 11 is 3.31. The SMILES string of the molecule is O=C([O-])c1cc(Br)cc2c1N[C@H](c1ccccc1C(F)(F)F)[C@H]1CC=C[C@H]21. The second kappa shape index (κ2) is 6.41. The van der Waals surface area contributed by atoms with E-state index in [4.69, 9.17) is 0 Å². The van der Waals surface area contributed by atoms with Crippen molar-refractivity contribution in [1.29, 1.82) is 0 Å². The van der Waals surface area contributed by atoms with Crippen LogP contribution in [0.4, 0.5) is 18.9 Å². The topological polar surface area (TPSA) is 52.2 Å². The van der Waals surface area contributed by atoms with Crippen LogP contribution in [0.15, 0.2) is 53.0 Å². The lowest BCUT2D eigenvalue weighted by Crippen LogP contribution is -2.33. The van der Waals surface area contributed by atoms with Crippen molar-refractivity contribution in [1.82, 2.24) is 0 Å². The summed E-state index contributed by atoms with van der Waals surface area (Å²) in [5.41, 5.74) is 0.439. The third kappa shape index (κ3) is 3.04. The molecule has 4 rings (SSSR count). The predicted molar refractivity (Wildman–Crippen MR) is 96.3 cm³/mol. The average Bonchev–Trinajstić information content (AvgIpc) is 3.10. The summed E-state index contributed by atoms with van der Waals surface area (Å²) in [4.78, 5) is 11.6. The number of nitrogens with one attached hydrogen (secondary N) is 1. The van der Waals surface area contributed by atoms with Crippen LogP contribution in [0.2, 0.25) is 0 Å². The maximum atomic E-state index is 13.5. The number of halogens is 4. The van der Waals surface area contributed by atoms with Crippen LogP contribution in [0.5, 0.6) is 0 Å². The molecule has 2 aliphatic rings. The second-order valence-electron chi connectivity index (χ2n) is 6.77. The molecule has 0 aromatic heterocycles. The van der Waals surface area contributed by atoms with Gasteiger partial charge < -0.3 is 15.2 Å². The van der Waals surface area contributed by atoms with Gasteiger partial charge in [-0.2, -0.15) is 13.2 Å². The Morgan fingerprint density at radius 2 is 1.93 bits per heavy atom. The first kappa shape index (κ1) is 18.1. The van der Waals surface area contributed by atoms with E-state index in [2.05, 4.69) is 21.2 Å². The molecule has 1 N–H and O–H groups in total. The number of aromatic carboxylic acids is 1. The Kier molecular flexibility index (Phi) is 4.29. The van der Waals surface area contributed by atoms with Crippen LogP contribution in [-0.4, -0.2) is 5.97 Å². The quantitative estimate of drug-likeness (QED) is 0.696. The highest BCUT2D eigenvalue weighted by Gasteiger charge is 2.43. The summed E-state index contributed by atoms with van der Waals surface area (Å²) in [6.45, 7) is 0. The van der Waals surface area contributed by atoms with Crippen molar-refractivity contribution in [2.75, 3.05) is 5.32 Å². The van der Waals surface area contributed by atoms with Gasteiger partial charge in [0.2, 0.25) is 0 Å². The Labute approximate surface area is 162 Å². The van der Waals surface area contributed by atoms with E-state index in [1.807, 2.05) is 18.2 Å². The Hall–Kier alpha value is -2.28. The molecule has 0 spiro atoms. The maximum Gasteiger partial charge on any atom is 0.416 e. The van der Waals surface area contributed by atoms with Crippen molar-refractivity contribution >= 4 is 27.6 Å². The van der Waals surface area contributed by atoms with Crippen LogP contribution in [0.1, 0.15) is 45.4 Å². The molecule has 2 aromatic carbocycles. The Morgan fingerprint density at radius 1 is 1.19 bits per heavy atom. The Balaban J connectivity index is 1.90. The van der Waals surface area contributed by atoms with E-state index in [-0.39, 0.29) is 23.0 Å². The van der Waals surface area contributed by atoms with Crippen LogP contribution < -0.4 is 10.4 Å². The van der Waals surface area contributed by atoms with Gasteiger partial charge in [-0.1, -0.05) is 46.3 Å². The summed E-state index contributed by atoms with van der Waals surface area (Å²) in [5, 5.41) is 14.7. The number of hydrogen-bond donors (Lipinski definition) is 1. The number of carbonyl (C=O) groups excluding carboxylic acids is 1. The third-order valence-corrected chi connectivity index (χ3v) is 5.71. The van der Waals surface area contributed by atoms with Crippen molar-refractivity contribution in [2.24, 2.45) is 5.92 Å². The van der Waals surface area contributed by atoms with Crippen LogP contribution in [0.25, 0.3) is 0 Å². The standard InChI is InChI=1S/C20H15BrF3NO2/c21-10-8-14-11-5-3-6-12(11)17(25-18(14)15(9-10)19(26)27)13-4-1-2-7-16(13)20(22,23)24/h1-5,7-9,11-12,17,25H,6H2,(H,26,27)/p-1/t11-,12-,17-/m0/s1. The number of hydrogen-bond acceptors (Lipinski definition) is 3. The molecule has 0 amide bonds. The number of alkyl halides is 3.